The van der Waals surface area contributed by atoms with Gasteiger partial charge in [-0.05, 0) is 32.6 Å². The zero-order valence-electron chi connectivity index (χ0n) is 26.2. The second-order valence-corrected chi connectivity index (χ2v) is 12.2. The molecule has 0 aromatic heterocycles. The van der Waals surface area contributed by atoms with E-state index in [2.05, 4.69) is 4.74 Å². The van der Waals surface area contributed by atoms with E-state index in [1.807, 2.05) is 6.92 Å². The van der Waals surface area contributed by atoms with Crippen LogP contribution in [0.15, 0.2) is 0 Å². The summed E-state index contributed by atoms with van der Waals surface area (Å²) in [5, 5.41) is 29.3. The molecule has 0 rings (SSSR count). The van der Waals surface area contributed by atoms with Crippen LogP contribution in [0.1, 0.15) is 187 Å². The van der Waals surface area contributed by atoms with Gasteiger partial charge in [-0.1, -0.05) is 148 Å². The maximum atomic E-state index is 11.1. The van der Waals surface area contributed by atoms with Crippen LogP contribution in [-0.4, -0.2) is 46.7 Å². The van der Waals surface area contributed by atoms with E-state index in [-0.39, 0.29) is 24.6 Å². The molecule has 3 atom stereocenters. The number of hydrogen-bond acceptors (Lipinski definition) is 5. The van der Waals surface area contributed by atoms with Crippen LogP contribution in [0.2, 0.25) is 0 Å². The van der Waals surface area contributed by atoms with Crippen molar-refractivity contribution in [3.8, 4) is 0 Å². The number of hydrogen-bond donors (Lipinski definition) is 3. The molecule has 0 fully saturated rings. The minimum Gasteiger partial charge on any atom is -0.469 e. The number of carbonyl (C=O) groups is 1. The van der Waals surface area contributed by atoms with E-state index < -0.39 is 6.10 Å². The topological polar surface area (TPSA) is 87.0 Å². The van der Waals surface area contributed by atoms with Gasteiger partial charge in [0.05, 0.1) is 31.8 Å². The molecular weight excluding hydrogens is 488 g/mol. The first kappa shape index (κ1) is 38.4. The lowest BCUT2D eigenvalue weighted by molar-refractivity contribution is -0.142. The van der Waals surface area contributed by atoms with Gasteiger partial charge in [0.15, 0.2) is 0 Å². The zero-order chi connectivity index (χ0) is 28.8. The highest BCUT2D eigenvalue weighted by Crippen LogP contribution is 2.17. The van der Waals surface area contributed by atoms with Gasteiger partial charge in [0, 0.05) is 0 Å². The van der Waals surface area contributed by atoms with Crippen molar-refractivity contribution in [2.24, 2.45) is 0 Å². The summed E-state index contributed by atoms with van der Waals surface area (Å²) in [5.74, 6) is -0.329. The van der Waals surface area contributed by atoms with Crippen LogP contribution in [0.25, 0.3) is 0 Å². The molecule has 0 aliphatic rings. The molecule has 0 aliphatic heterocycles. The number of rotatable bonds is 31. The minimum atomic E-state index is -0.553. The summed E-state index contributed by atoms with van der Waals surface area (Å²) in [4.78, 5) is 11.1. The molecule has 0 radical (unpaired) electrons. The zero-order valence-corrected chi connectivity index (χ0v) is 26.2. The van der Waals surface area contributed by atoms with Gasteiger partial charge in [-0.15, -0.1) is 0 Å². The summed E-state index contributed by atoms with van der Waals surface area (Å²) >= 11 is 0. The second kappa shape index (κ2) is 30.3. The maximum absolute atomic E-state index is 11.1. The molecule has 0 bridgehead atoms. The van der Waals surface area contributed by atoms with Crippen molar-refractivity contribution >= 4 is 5.97 Å². The van der Waals surface area contributed by atoms with Crippen LogP contribution >= 0.6 is 0 Å². The van der Waals surface area contributed by atoms with E-state index in [0.717, 1.165) is 32.1 Å². The summed E-state index contributed by atoms with van der Waals surface area (Å²) in [6, 6.07) is 0. The summed E-state index contributed by atoms with van der Waals surface area (Å²) in [6.45, 7) is 1.88. The first-order chi connectivity index (χ1) is 19.0. The number of carbonyl (C=O) groups excluding carboxylic acids is 1. The Morgan fingerprint density at radius 1 is 0.462 bits per heavy atom. The standard InChI is InChI=1S/C34H68O5/c1-31(35)26-22-18-14-10-6-3-4-7-11-15-19-23-27-32(36)28-24-20-16-12-8-5-9-13-17-21-25-29-33(37)30-34(38)39-2/h31-33,35-37H,3-30H2,1-2H3. The number of methoxy groups -OCH3 is 1. The molecule has 0 saturated heterocycles. The fraction of sp³-hybridized carbons (Fsp3) is 0.971. The molecule has 0 aromatic rings. The number of esters is 1. The Bertz CT molecular complexity index is 496. The highest BCUT2D eigenvalue weighted by molar-refractivity contribution is 5.69. The summed E-state index contributed by atoms with van der Waals surface area (Å²) < 4.78 is 4.58. The van der Waals surface area contributed by atoms with Crippen molar-refractivity contribution in [2.75, 3.05) is 7.11 Å². The van der Waals surface area contributed by atoms with E-state index in [0.29, 0.717) is 6.42 Å². The molecule has 0 aliphatic carbocycles. The summed E-state index contributed by atoms with van der Waals surface area (Å²) in [7, 11) is 1.36. The van der Waals surface area contributed by atoms with Crippen molar-refractivity contribution in [2.45, 2.75) is 205 Å². The van der Waals surface area contributed by atoms with Crippen LogP contribution in [0.3, 0.4) is 0 Å². The van der Waals surface area contributed by atoms with E-state index in [1.54, 1.807) is 0 Å². The van der Waals surface area contributed by atoms with E-state index >= 15 is 0 Å². The van der Waals surface area contributed by atoms with Gasteiger partial charge in [0.2, 0.25) is 0 Å². The molecule has 3 unspecified atom stereocenters. The fourth-order valence-electron chi connectivity index (χ4n) is 5.46. The molecule has 5 nitrogen and oxygen atoms in total. The van der Waals surface area contributed by atoms with Gasteiger partial charge in [0.25, 0.3) is 0 Å². The summed E-state index contributed by atoms with van der Waals surface area (Å²) in [5.41, 5.74) is 0. The number of ether oxygens (including phenoxy) is 1. The van der Waals surface area contributed by atoms with Gasteiger partial charge < -0.3 is 20.1 Å². The van der Waals surface area contributed by atoms with Crippen molar-refractivity contribution in [1.29, 1.82) is 0 Å². The predicted octanol–water partition coefficient (Wildman–Crippen LogP) is 9.18. The molecule has 234 valence electrons. The third-order valence-corrected chi connectivity index (χ3v) is 8.11. The number of unbranched alkanes of at least 4 members (excludes halogenated alkanes) is 21. The Kier molecular flexibility index (Phi) is 29.8. The lowest BCUT2D eigenvalue weighted by atomic mass is 10.0. The van der Waals surface area contributed by atoms with E-state index in [1.165, 1.54) is 142 Å². The highest BCUT2D eigenvalue weighted by Gasteiger charge is 2.10. The predicted molar refractivity (Wildman–Crippen MR) is 165 cm³/mol. The molecule has 0 heterocycles. The van der Waals surface area contributed by atoms with Crippen molar-refractivity contribution in [3.63, 3.8) is 0 Å². The Labute approximate surface area is 242 Å². The molecule has 39 heavy (non-hydrogen) atoms. The molecule has 0 aromatic carbocycles. The number of aliphatic hydroxyl groups is 3. The van der Waals surface area contributed by atoms with Crippen LogP contribution in [0, 0.1) is 0 Å². The van der Waals surface area contributed by atoms with Crippen molar-refractivity contribution in [1.82, 2.24) is 0 Å². The smallest absolute Gasteiger partial charge is 0.308 e. The quantitative estimate of drug-likeness (QED) is 0.0585. The van der Waals surface area contributed by atoms with Crippen LogP contribution in [-0.2, 0) is 9.53 Å². The first-order valence-electron chi connectivity index (χ1n) is 17.1. The molecule has 3 N–H and O–H groups in total. The summed E-state index contributed by atoms with van der Waals surface area (Å²) in [6.07, 6.45) is 32.3. The Morgan fingerprint density at radius 2 is 0.718 bits per heavy atom. The van der Waals surface area contributed by atoms with Gasteiger partial charge in [0.1, 0.15) is 0 Å². The normalized spacial score (nSPS) is 13.9. The average Bonchev–Trinajstić information content (AvgIpc) is 2.91. The van der Waals surface area contributed by atoms with E-state index in [9.17, 15) is 20.1 Å². The first-order valence-corrected chi connectivity index (χ1v) is 17.1. The van der Waals surface area contributed by atoms with Crippen molar-refractivity contribution in [3.05, 3.63) is 0 Å². The number of aliphatic hydroxyl groups excluding tert-OH is 3. The van der Waals surface area contributed by atoms with Gasteiger partial charge in [-0.25, -0.2) is 0 Å². The van der Waals surface area contributed by atoms with Crippen LogP contribution in [0.4, 0.5) is 0 Å². The van der Waals surface area contributed by atoms with Crippen LogP contribution < -0.4 is 0 Å². The highest BCUT2D eigenvalue weighted by atomic mass is 16.5. The lowest BCUT2D eigenvalue weighted by Crippen LogP contribution is -2.14. The fourth-order valence-corrected chi connectivity index (χ4v) is 5.46. The van der Waals surface area contributed by atoms with E-state index in [4.69, 9.17) is 0 Å². The third kappa shape index (κ3) is 31.7. The van der Waals surface area contributed by atoms with Gasteiger partial charge in [-0.2, -0.15) is 0 Å². The Hall–Kier alpha value is -0.650. The largest absolute Gasteiger partial charge is 0.469 e. The second-order valence-electron chi connectivity index (χ2n) is 12.2. The average molecular weight is 557 g/mol. The molecule has 0 amide bonds. The van der Waals surface area contributed by atoms with Gasteiger partial charge >= 0.3 is 5.97 Å². The monoisotopic (exact) mass is 557 g/mol. The minimum absolute atomic E-state index is 0.0906. The SMILES string of the molecule is COC(=O)CC(O)CCCCCCCCCCCCCC(O)CCCCCCCCCCCCCCC(C)O. The maximum Gasteiger partial charge on any atom is 0.308 e. The molecular formula is C34H68O5. The van der Waals surface area contributed by atoms with Gasteiger partial charge in [-0.3, -0.25) is 4.79 Å². The molecule has 0 spiro atoms. The molecule has 5 heteroatoms. The van der Waals surface area contributed by atoms with Crippen molar-refractivity contribution < 1.29 is 24.9 Å². The van der Waals surface area contributed by atoms with Crippen LogP contribution in [0.5, 0.6) is 0 Å². The third-order valence-electron chi connectivity index (χ3n) is 8.11. The lowest BCUT2D eigenvalue weighted by Gasteiger charge is -2.10. The Morgan fingerprint density at radius 3 is 1.00 bits per heavy atom. The Balaban J connectivity index is 3.22. The molecule has 0 saturated carbocycles.